The summed E-state index contributed by atoms with van der Waals surface area (Å²) < 4.78 is 0. The Bertz CT molecular complexity index is 483. The molecule has 0 spiro atoms. The molecule has 0 aromatic heterocycles. The molecule has 4 rings (SSSR count). The molecular weight excluding hydrogens is 314 g/mol. The molecule has 2 heterocycles. The molecule has 2 aliphatic heterocycles. The van der Waals surface area contributed by atoms with Crippen molar-refractivity contribution in [3.8, 4) is 0 Å². The molecule has 2 unspecified atom stereocenters. The number of nitrogens with one attached hydrogen (secondary N) is 3. The Balaban J connectivity index is 1.19. The Hall–Kier alpha value is -1.10. The summed E-state index contributed by atoms with van der Waals surface area (Å²) in [5.41, 5.74) is 0. The standard InChI is InChI=1S/C20H33N3O2/c24-19(13-3-1-2-4-13)22-15-7-5-14(6-8-15)20(25)23-18-11-16-9-10-17(12-18)21-16/h13-18,21H,1-12H2,(H,22,24)(H,23,25). The van der Waals surface area contributed by atoms with Gasteiger partial charge >= 0.3 is 0 Å². The zero-order valence-corrected chi connectivity index (χ0v) is 15.3. The largest absolute Gasteiger partial charge is 0.353 e. The lowest BCUT2D eigenvalue weighted by atomic mass is 9.84. The van der Waals surface area contributed by atoms with E-state index in [1.165, 1.54) is 25.7 Å². The minimum absolute atomic E-state index is 0.146. The van der Waals surface area contributed by atoms with Crippen LogP contribution in [0.4, 0.5) is 0 Å². The first-order chi connectivity index (χ1) is 12.2. The third-order valence-electron chi connectivity index (χ3n) is 6.99. The van der Waals surface area contributed by atoms with Gasteiger partial charge in [0.05, 0.1) is 0 Å². The lowest BCUT2D eigenvalue weighted by Gasteiger charge is -2.33. The van der Waals surface area contributed by atoms with Crippen LogP contribution in [0.25, 0.3) is 0 Å². The van der Waals surface area contributed by atoms with Crippen LogP contribution in [0.2, 0.25) is 0 Å². The number of fused-ring (bicyclic) bond motifs is 2. The van der Waals surface area contributed by atoms with Crippen LogP contribution in [0, 0.1) is 11.8 Å². The van der Waals surface area contributed by atoms with Crippen molar-refractivity contribution in [3.63, 3.8) is 0 Å². The normalized spacial score (nSPS) is 38.5. The van der Waals surface area contributed by atoms with Crippen LogP contribution in [0.3, 0.4) is 0 Å². The Morgan fingerprint density at radius 3 is 1.76 bits per heavy atom. The monoisotopic (exact) mass is 347 g/mol. The minimum atomic E-state index is 0.146. The molecule has 2 amide bonds. The van der Waals surface area contributed by atoms with Crippen LogP contribution >= 0.6 is 0 Å². The van der Waals surface area contributed by atoms with Crippen molar-refractivity contribution in [2.24, 2.45) is 11.8 Å². The summed E-state index contributed by atoms with van der Waals surface area (Å²) in [6.07, 6.45) is 13.0. The summed E-state index contributed by atoms with van der Waals surface area (Å²) in [6, 6.07) is 1.88. The number of hydrogen-bond donors (Lipinski definition) is 3. The Kier molecular flexibility index (Phi) is 5.30. The molecule has 5 nitrogen and oxygen atoms in total. The van der Waals surface area contributed by atoms with Gasteiger partial charge in [-0.25, -0.2) is 0 Å². The Morgan fingerprint density at radius 2 is 1.16 bits per heavy atom. The minimum Gasteiger partial charge on any atom is -0.353 e. The van der Waals surface area contributed by atoms with Gasteiger partial charge in [-0.15, -0.1) is 0 Å². The molecule has 2 bridgehead atoms. The Labute approximate surface area is 151 Å². The van der Waals surface area contributed by atoms with Gasteiger partial charge < -0.3 is 16.0 Å². The second-order valence-electron chi connectivity index (χ2n) is 8.85. The van der Waals surface area contributed by atoms with E-state index in [4.69, 9.17) is 0 Å². The topological polar surface area (TPSA) is 70.2 Å². The highest BCUT2D eigenvalue weighted by atomic mass is 16.2. The molecule has 5 heteroatoms. The number of carbonyl (C=O) groups is 2. The maximum absolute atomic E-state index is 12.6. The highest BCUT2D eigenvalue weighted by molar-refractivity contribution is 5.80. The number of hydrogen-bond acceptors (Lipinski definition) is 3. The van der Waals surface area contributed by atoms with E-state index >= 15 is 0 Å². The zero-order valence-electron chi connectivity index (χ0n) is 15.3. The smallest absolute Gasteiger partial charge is 0.223 e. The van der Waals surface area contributed by atoms with E-state index in [9.17, 15) is 9.59 Å². The molecule has 25 heavy (non-hydrogen) atoms. The lowest BCUT2D eigenvalue weighted by Crippen LogP contribution is -2.50. The van der Waals surface area contributed by atoms with E-state index in [-0.39, 0.29) is 29.7 Å². The van der Waals surface area contributed by atoms with Gasteiger partial charge in [0.15, 0.2) is 0 Å². The van der Waals surface area contributed by atoms with Gasteiger partial charge in [0.2, 0.25) is 11.8 Å². The second kappa shape index (κ2) is 7.65. The van der Waals surface area contributed by atoms with E-state index in [1.54, 1.807) is 0 Å². The van der Waals surface area contributed by atoms with Crippen LogP contribution < -0.4 is 16.0 Å². The number of rotatable bonds is 4. The summed E-state index contributed by atoms with van der Waals surface area (Å²) in [5.74, 6) is 0.908. The summed E-state index contributed by atoms with van der Waals surface area (Å²) in [7, 11) is 0. The quantitative estimate of drug-likeness (QED) is 0.730. The molecule has 140 valence electrons. The van der Waals surface area contributed by atoms with Gasteiger partial charge in [0.1, 0.15) is 0 Å². The molecule has 3 N–H and O–H groups in total. The van der Waals surface area contributed by atoms with Crippen LogP contribution in [0.5, 0.6) is 0 Å². The van der Waals surface area contributed by atoms with Crippen LogP contribution in [-0.2, 0) is 9.59 Å². The number of piperidine rings is 1. The third-order valence-corrected chi connectivity index (χ3v) is 6.99. The van der Waals surface area contributed by atoms with Crippen molar-refractivity contribution >= 4 is 11.8 Å². The first-order valence-electron chi connectivity index (χ1n) is 10.5. The van der Waals surface area contributed by atoms with Crippen LogP contribution in [0.15, 0.2) is 0 Å². The van der Waals surface area contributed by atoms with Crippen molar-refractivity contribution in [2.75, 3.05) is 0 Å². The van der Waals surface area contributed by atoms with Gasteiger partial charge in [-0.05, 0) is 64.2 Å². The first kappa shape index (κ1) is 17.3. The van der Waals surface area contributed by atoms with E-state index in [1.807, 2.05) is 0 Å². The van der Waals surface area contributed by atoms with Gasteiger partial charge in [-0.3, -0.25) is 9.59 Å². The molecule has 0 radical (unpaired) electrons. The molecular formula is C20H33N3O2. The van der Waals surface area contributed by atoms with Crippen molar-refractivity contribution in [2.45, 2.75) is 101 Å². The van der Waals surface area contributed by atoms with Crippen molar-refractivity contribution < 1.29 is 9.59 Å². The molecule has 2 saturated carbocycles. The summed E-state index contributed by atoms with van der Waals surface area (Å²) >= 11 is 0. The van der Waals surface area contributed by atoms with Crippen molar-refractivity contribution in [1.29, 1.82) is 0 Å². The van der Waals surface area contributed by atoms with Crippen molar-refractivity contribution in [1.82, 2.24) is 16.0 Å². The fraction of sp³-hybridized carbons (Fsp3) is 0.900. The highest BCUT2D eigenvalue weighted by Gasteiger charge is 2.36. The highest BCUT2D eigenvalue weighted by Crippen LogP contribution is 2.30. The van der Waals surface area contributed by atoms with E-state index in [0.29, 0.717) is 18.1 Å². The van der Waals surface area contributed by atoms with E-state index in [0.717, 1.165) is 51.4 Å². The molecule has 0 aromatic rings. The summed E-state index contributed by atoms with van der Waals surface area (Å²) in [5, 5.41) is 10.2. The predicted molar refractivity (Wildman–Crippen MR) is 97.0 cm³/mol. The average molecular weight is 348 g/mol. The van der Waals surface area contributed by atoms with E-state index in [2.05, 4.69) is 16.0 Å². The van der Waals surface area contributed by atoms with Gasteiger partial charge in [0, 0.05) is 36.0 Å². The molecule has 2 aliphatic carbocycles. The summed E-state index contributed by atoms with van der Waals surface area (Å²) in [4.78, 5) is 24.9. The summed E-state index contributed by atoms with van der Waals surface area (Å²) in [6.45, 7) is 0. The first-order valence-corrected chi connectivity index (χ1v) is 10.5. The average Bonchev–Trinajstić information content (AvgIpc) is 3.25. The van der Waals surface area contributed by atoms with Gasteiger partial charge in [-0.2, -0.15) is 0 Å². The maximum atomic E-state index is 12.6. The molecule has 2 saturated heterocycles. The Morgan fingerprint density at radius 1 is 0.640 bits per heavy atom. The number of carbonyl (C=O) groups excluding carboxylic acids is 2. The molecule has 4 fully saturated rings. The maximum Gasteiger partial charge on any atom is 0.223 e. The molecule has 4 aliphatic rings. The predicted octanol–water partition coefficient (Wildman–Crippen LogP) is 2.25. The van der Waals surface area contributed by atoms with Crippen molar-refractivity contribution in [3.05, 3.63) is 0 Å². The van der Waals surface area contributed by atoms with Crippen LogP contribution in [0.1, 0.15) is 77.0 Å². The fourth-order valence-corrected chi connectivity index (χ4v) is 5.50. The molecule has 0 aromatic carbocycles. The third kappa shape index (κ3) is 4.18. The van der Waals surface area contributed by atoms with E-state index < -0.39 is 0 Å². The van der Waals surface area contributed by atoms with Crippen LogP contribution in [-0.4, -0.2) is 36.0 Å². The fourth-order valence-electron chi connectivity index (χ4n) is 5.50. The zero-order chi connectivity index (χ0) is 17.2. The second-order valence-corrected chi connectivity index (χ2v) is 8.85. The lowest BCUT2D eigenvalue weighted by molar-refractivity contribution is -0.127. The SMILES string of the molecule is O=C(NC1CCC(C(=O)NC2CC3CCC(C2)N3)CC1)C1CCCC1. The van der Waals surface area contributed by atoms with Gasteiger partial charge in [-0.1, -0.05) is 12.8 Å². The number of amides is 2. The van der Waals surface area contributed by atoms with Gasteiger partial charge in [0.25, 0.3) is 0 Å². The molecule has 2 atom stereocenters.